The van der Waals surface area contributed by atoms with E-state index in [-0.39, 0.29) is 27.9 Å². The molecule has 1 unspecified atom stereocenters. The van der Waals surface area contributed by atoms with Crippen LogP contribution in [0, 0.1) is 0 Å². The van der Waals surface area contributed by atoms with E-state index < -0.39 is 6.10 Å². The maximum Gasteiger partial charge on any atom is 0.293 e. The van der Waals surface area contributed by atoms with Crippen molar-refractivity contribution in [2.75, 3.05) is 7.05 Å². The second-order valence-corrected chi connectivity index (χ2v) is 7.81. The Balaban J connectivity index is 1.89. The number of hydrogen-bond acceptors (Lipinski definition) is 7. The number of halogens is 2. The summed E-state index contributed by atoms with van der Waals surface area (Å²) in [6.07, 6.45) is 4.19. The van der Waals surface area contributed by atoms with Gasteiger partial charge in [-0.3, -0.25) is 14.5 Å². The molecule has 2 aromatic rings. The first-order chi connectivity index (χ1) is 12.8. The molecule has 10 heteroatoms. The van der Waals surface area contributed by atoms with Crippen LogP contribution >= 0.6 is 39.3 Å². The predicted octanol–water partition coefficient (Wildman–Crippen LogP) is 4.40. The minimum Gasteiger partial charge on any atom is -0.504 e. The number of aromatic nitrogens is 2. The molecule has 7 nitrogen and oxygen atoms in total. The minimum atomic E-state index is -0.454. The molecule has 1 atom stereocenters. The fourth-order valence-corrected chi connectivity index (χ4v) is 3.60. The Labute approximate surface area is 172 Å². The molecular formula is C17H13BrClN3O4S. The van der Waals surface area contributed by atoms with Crippen LogP contribution in [-0.2, 0) is 4.79 Å². The smallest absolute Gasteiger partial charge is 0.293 e. The number of hydrogen-bond donors (Lipinski definition) is 1. The molecule has 1 saturated heterocycles. The van der Waals surface area contributed by atoms with Gasteiger partial charge in [-0.25, -0.2) is 9.97 Å². The van der Waals surface area contributed by atoms with Crippen LogP contribution in [0.15, 0.2) is 33.9 Å². The first-order valence-corrected chi connectivity index (χ1v) is 9.63. The summed E-state index contributed by atoms with van der Waals surface area (Å²) < 4.78 is 6.36. The van der Waals surface area contributed by atoms with Gasteiger partial charge in [0, 0.05) is 29.5 Å². The molecule has 1 N–H and O–H groups in total. The van der Waals surface area contributed by atoms with Gasteiger partial charge in [-0.15, -0.1) is 0 Å². The summed E-state index contributed by atoms with van der Waals surface area (Å²) in [5.41, 5.74) is 1.26. The monoisotopic (exact) mass is 469 g/mol. The molecule has 1 aromatic carbocycles. The number of carbonyl (C=O) groups is 2. The molecule has 1 fully saturated rings. The van der Waals surface area contributed by atoms with Crippen molar-refractivity contribution in [2.45, 2.75) is 13.0 Å². The molecule has 2 amide bonds. The Kier molecular flexibility index (Phi) is 5.73. The number of benzene rings is 1. The number of nitrogens with zero attached hydrogens (tertiary/aromatic N) is 3. The highest BCUT2D eigenvalue weighted by molar-refractivity contribution is 9.10. The third kappa shape index (κ3) is 4.26. The van der Waals surface area contributed by atoms with E-state index in [4.69, 9.17) is 16.3 Å². The third-order valence-electron chi connectivity index (χ3n) is 3.76. The molecule has 0 bridgehead atoms. The molecule has 2 heterocycles. The zero-order valence-electron chi connectivity index (χ0n) is 14.1. The van der Waals surface area contributed by atoms with Gasteiger partial charge in [0.1, 0.15) is 6.10 Å². The average molecular weight is 471 g/mol. The molecule has 140 valence electrons. The van der Waals surface area contributed by atoms with Crippen LogP contribution < -0.4 is 4.74 Å². The van der Waals surface area contributed by atoms with Crippen molar-refractivity contribution in [2.24, 2.45) is 0 Å². The summed E-state index contributed by atoms with van der Waals surface area (Å²) in [4.78, 5) is 32.9. The van der Waals surface area contributed by atoms with Crippen molar-refractivity contribution in [3.05, 3.63) is 50.3 Å². The SMILES string of the molecule is CC(Oc1cc(/C=C2\SC(=O)N(C)C2=O)c(Br)cc1O)c1cnc(Cl)nc1. The molecule has 0 radical (unpaired) electrons. The second-order valence-electron chi connectivity index (χ2n) is 5.63. The van der Waals surface area contributed by atoms with E-state index in [9.17, 15) is 14.7 Å². The van der Waals surface area contributed by atoms with Crippen LogP contribution in [0.1, 0.15) is 24.2 Å². The van der Waals surface area contributed by atoms with E-state index >= 15 is 0 Å². The Morgan fingerprint density at radius 3 is 2.59 bits per heavy atom. The van der Waals surface area contributed by atoms with Crippen LogP contribution in [0.2, 0.25) is 5.28 Å². The minimum absolute atomic E-state index is 0.0793. The average Bonchev–Trinajstić information content (AvgIpc) is 2.86. The van der Waals surface area contributed by atoms with E-state index in [0.717, 1.165) is 16.7 Å². The van der Waals surface area contributed by atoms with Crippen molar-refractivity contribution >= 4 is 56.5 Å². The molecule has 1 aliphatic rings. The molecule has 0 saturated carbocycles. The summed E-state index contributed by atoms with van der Waals surface area (Å²) in [6, 6.07) is 3.04. The van der Waals surface area contributed by atoms with Crippen LogP contribution in [-0.4, -0.2) is 38.2 Å². The van der Waals surface area contributed by atoms with Crippen LogP contribution in [0.4, 0.5) is 4.79 Å². The quantitative estimate of drug-likeness (QED) is 0.523. The van der Waals surface area contributed by atoms with E-state index in [1.807, 2.05) is 0 Å². The van der Waals surface area contributed by atoms with Gasteiger partial charge in [0.2, 0.25) is 5.28 Å². The number of thioether (sulfide) groups is 1. The fourth-order valence-electron chi connectivity index (χ4n) is 2.24. The Morgan fingerprint density at radius 2 is 2.00 bits per heavy atom. The van der Waals surface area contributed by atoms with Crippen molar-refractivity contribution in [1.29, 1.82) is 0 Å². The number of imide groups is 1. The fraction of sp³-hybridized carbons (Fsp3) is 0.176. The predicted molar refractivity (Wildman–Crippen MR) is 106 cm³/mol. The number of phenols is 1. The standard InChI is InChI=1S/C17H13BrClN3O4S/c1-8(10-6-20-16(19)21-7-10)26-13-3-9(11(18)5-12(13)23)4-14-15(24)22(2)17(25)27-14/h3-8,23H,1-2H3/b14-4-. The lowest BCUT2D eigenvalue weighted by Gasteiger charge is -2.16. The number of ether oxygens (including phenoxy) is 1. The molecule has 1 aliphatic heterocycles. The second kappa shape index (κ2) is 7.87. The van der Waals surface area contributed by atoms with E-state index in [1.54, 1.807) is 19.1 Å². The van der Waals surface area contributed by atoms with Crippen molar-refractivity contribution in [3.63, 3.8) is 0 Å². The van der Waals surface area contributed by atoms with E-state index in [2.05, 4.69) is 25.9 Å². The van der Waals surface area contributed by atoms with Gasteiger partial charge in [0.05, 0.1) is 4.91 Å². The number of likely N-dealkylation sites (N-methyl/N-ethyl adjacent to an activating group) is 1. The lowest BCUT2D eigenvalue weighted by molar-refractivity contribution is -0.121. The Hall–Kier alpha value is -2.10. The number of amides is 2. The summed E-state index contributed by atoms with van der Waals surface area (Å²) >= 11 is 9.88. The first kappa shape index (κ1) is 19.7. The Bertz CT molecular complexity index is 952. The Morgan fingerprint density at radius 1 is 1.33 bits per heavy atom. The van der Waals surface area contributed by atoms with Crippen molar-refractivity contribution in [1.82, 2.24) is 14.9 Å². The summed E-state index contributed by atoms with van der Waals surface area (Å²) in [5.74, 6) is -0.244. The maximum atomic E-state index is 12.1. The largest absolute Gasteiger partial charge is 0.504 e. The van der Waals surface area contributed by atoms with Gasteiger partial charge in [-0.05, 0) is 54.1 Å². The molecule has 0 spiro atoms. The summed E-state index contributed by atoms with van der Waals surface area (Å²) in [7, 11) is 1.43. The van der Waals surface area contributed by atoms with Crippen LogP contribution in [0.25, 0.3) is 6.08 Å². The normalized spacial score (nSPS) is 16.9. The molecule has 27 heavy (non-hydrogen) atoms. The summed E-state index contributed by atoms with van der Waals surface area (Å²) in [6.45, 7) is 1.77. The molecular weight excluding hydrogens is 458 g/mol. The number of aromatic hydroxyl groups is 1. The van der Waals surface area contributed by atoms with E-state index in [0.29, 0.717) is 20.5 Å². The number of phenolic OH excluding ortho intramolecular Hbond substituents is 1. The zero-order valence-corrected chi connectivity index (χ0v) is 17.3. The third-order valence-corrected chi connectivity index (χ3v) is 5.61. The van der Waals surface area contributed by atoms with Gasteiger partial charge in [-0.2, -0.15) is 0 Å². The van der Waals surface area contributed by atoms with Gasteiger partial charge < -0.3 is 9.84 Å². The van der Waals surface area contributed by atoms with Crippen molar-refractivity contribution < 1.29 is 19.4 Å². The van der Waals surface area contributed by atoms with Crippen LogP contribution in [0.3, 0.4) is 0 Å². The van der Waals surface area contributed by atoms with Gasteiger partial charge in [-0.1, -0.05) is 15.9 Å². The molecule has 3 rings (SSSR count). The molecule has 0 aliphatic carbocycles. The first-order valence-electron chi connectivity index (χ1n) is 7.64. The summed E-state index contributed by atoms with van der Waals surface area (Å²) in [5, 5.41) is 9.98. The van der Waals surface area contributed by atoms with E-state index in [1.165, 1.54) is 25.5 Å². The van der Waals surface area contributed by atoms with Crippen molar-refractivity contribution in [3.8, 4) is 11.5 Å². The van der Waals surface area contributed by atoms with Crippen LogP contribution in [0.5, 0.6) is 11.5 Å². The number of carbonyl (C=O) groups excluding carboxylic acids is 2. The highest BCUT2D eigenvalue weighted by Crippen LogP contribution is 2.38. The van der Waals surface area contributed by atoms with Gasteiger partial charge in [0.15, 0.2) is 11.5 Å². The highest BCUT2D eigenvalue weighted by atomic mass is 79.9. The zero-order chi connectivity index (χ0) is 19.7. The lowest BCUT2D eigenvalue weighted by atomic mass is 10.1. The molecule has 1 aromatic heterocycles. The topological polar surface area (TPSA) is 92.6 Å². The number of rotatable bonds is 4. The van der Waals surface area contributed by atoms with Gasteiger partial charge in [0.25, 0.3) is 11.1 Å². The van der Waals surface area contributed by atoms with Gasteiger partial charge >= 0.3 is 0 Å². The highest BCUT2D eigenvalue weighted by Gasteiger charge is 2.32. The maximum absolute atomic E-state index is 12.1. The lowest BCUT2D eigenvalue weighted by Crippen LogP contribution is -2.22.